The molecule has 1 aliphatic heterocycles. The van der Waals surface area contributed by atoms with Crippen LogP contribution in [0.1, 0.15) is 58.4 Å². The Labute approximate surface area is 198 Å². The molecule has 0 unspecified atom stereocenters. The molecule has 3 aromatic rings. The Bertz CT molecular complexity index is 1350. The number of hydrogen-bond donors (Lipinski definition) is 0. The Kier molecular flexibility index (Phi) is 4.60. The van der Waals surface area contributed by atoms with Gasteiger partial charge in [0, 0.05) is 40.0 Å². The third-order valence-corrected chi connectivity index (χ3v) is 7.90. The monoisotopic (exact) mass is 453 g/mol. The van der Waals surface area contributed by atoms with Crippen LogP contribution in [0.25, 0.3) is 10.8 Å². The molecular weight excluding hydrogens is 430 g/mol. The van der Waals surface area contributed by atoms with Gasteiger partial charge in [0.2, 0.25) is 0 Å². The fraction of sp³-hybridized carbons (Fsp3) is 0.241. The first-order valence-electron chi connectivity index (χ1n) is 11.6. The lowest BCUT2D eigenvalue weighted by molar-refractivity contribution is 0.0988. The minimum absolute atomic E-state index is 0.115. The van der Waals surface area contributed by atoms with Crippen molar-refractivity contribution in [2.24, 2.45) is 0 Å². The van der Waals surface area contributed by atoms with Crippen LogP contribution in [-0.2, 0) is 5.41 Å². The predicted molar refractivity (Wildman–Crippen MR) is 133 cm³/mol. The number of ketones is 2. The highest BCUT2D eigenvalue weighted by Gasteiger charge is 2.46. The number of hydrogen-bond acceptors (Lipinski definition) is 3. The Balaban J connectivity index is 1.46. The van der Waals surface area contributed by atoms with Crippen LogP contribution in [-0.4, -0.2) is 18.6 Å². The lowest BCUT2D eigenvalue weighted by Crippen LogP contribution is -2.31. The van der Waals surface area contributed by atoms with Gasteiger partial charge in [0.05, 0.1) is 5.57 Å². The van der Waals surface area contributed by atoms with Gasteiger partial charge in [0.25, 0.3) is 0 Å². The first kappa shape index (κ1) is 20.4. The van der Waals surface area contributed by atoms with Crippen LogP contribution < -0.4 is 4.90 Å². The van der Waals surface area contributed by atoms with Crippen LogP contribution in [0, 0.1) is 0 Å². The van der Waals surface area contributed by atoms with Gasteiger partial charge < -0.3 is 4.90 Å². The van der Waals surface area contributed by atoms with Gasteiger partial charge in [-0.3, -0.25) is 9.59 Å². The topological polar surface area (TPSA) is 37.4 Å². The highest BCUT2D eigenvalue weighted by atomic mass is 35.5. The molecule has 3 aromatic carbocycles. The lowest BCUT2D eigenvalue weighted by atomic mass is 9.68. The van der Waals surface area contributed by atoms with Crippen LogP contribution in [0.2, 0.25) is 5.02 Å². The minimum Gasteiger partial charge on any atom is -0.347 e. The Hall–Kier alpha value is -3.17. The van der Waals surface area contributed by atoms with Gasteiger partial charge >= 0.3 is 0 Å². The Morgan fingerprint density at radius 3 is 2.12 bits per heavy atom. The number of fused-ring (bicyclic) bond motifs is 4. The predicted octanol–water partition coefficient (Wildman–Crippen LogP) is 7.03. The van der Waals surface area contributed by atoms with Crippen LogP contribution in [0.5, 0.6) is 0 Å². The van der Waals surface area contributed by atoms with Crippen molar-refractivity contribution in [3.05, 3.63) is 99.7 Å². The molecule has 0 aromatic heterocycles. The molecule has 0 radical (unpaired) electrons. The molecule has 164 valence electrons. The van der Waals surface area contributed by atoms with Crippen LogP contribution in [0.3, 0.4) is 0 Å². The number of nitrogens with zero attached hydrogens (tertiary/aromatic N) is 1. The molecule has 2 aliphatic carbocycles. The summed E-state index contributed by atoms with van der Waals surface area (Å²) in [5.74, 6) is -0.368. The third-order valence-electron chi connectivity index (χ3n) is 7.67. The fourth-order valence-corrected chi connectivity index (χ4v) is 6.22. The Morgan fingerprint density at radius 1 is 0.848 bits per heavy atom. The molecule has 3 nitrogen and oxygen atoms in total. The molecule has 1 fully saturated rings. The molecule has 33 heavy (non-hydrogen) atoms. The highest BCUT2D eigenvalue weighted by molar-refractivity contribution is 6.40. The SMILES string of the molecule is CN1/C(=C/C=C2C(=O)c3cc4ccccc4cc3C2=O)C2(CCCCC2)c2cc(Cl)ccc21. The lowest BCUT2D eigenvalue weighted by Gasteiger charge is -2.36. The van der Waals surface area contributed by atoms with Crippen molar-refractivity contribution in [3.8, 4) is 0 Å². The second-order valence-electron chi connectivity index (χ2n) is 9.40. The average Bonchev–Trinajstić information content (AvgIpc) is 3.19. The first-order valence-corrected chi connectivity index (χ1v) is 12.0. The van der Waals surface area contributed by atoms with E-state index in [4.69, 9.17) is 11.6 Å². The summed E-state index contributed by atoms with van der Waals surface area (Å²) < 4.78 is 0. The second-order valence-corrected chi connectivity index (χ2v) is 9.84. The number of likely N-dealkylation sites (N-methyl/N-ethyl adjacent to an activating group) is 1. The number of rotatable bonds is 1. The molecule has 1 spiro atoms. The normalized spacial score (nSPS) is 20.1. The van der Waals surface area contributed by atoms with E-state index in [1.54, 1.807) is 6.08 Å². The van der Waals surface area contributed by atoms with E-state index in [9.17, 15) is 9.59 Å². The molecule has 0 atom stereocenters. The molecule has 0 bridgehead atoms. The average molecular weight is 454 g/mol. The number of allylic oxidation sites excluding steroid dienone is 4. The molecule has 3 aliphatic rings. The summed E-state index contributed by atoms with van der Waals surface area (Å²) in [6, 6.07) is 17.6. The molecule has 4 heteroatoms. The number of carbonyl (C=O) groups is 2. The molecule has 1 heterocycles. The van der Waals surface area contributed by atoms with E-state index in [1.165, 1.54) is 12.0 Å². The van der Waals surface area contributed by atoms with Crippen molar-refractivity contribution in [1.29, 1.82) is 0 Å². The zero-order chi connectivity index (χ0) is 22.7. The van der Waals surface area contributed by atoms with Gasteiger partial charge in [-0.05, 0) is 71.7 Å². The van der Waals surface area contributed by atoms with Gasteiger partial charge in [0.1, 0.15) is 0 Å². The van der Waals surface area contributed by atoms with Crippen molar-refractivity contribution in [1.82, 2.24) is 0 Å². The van der Waals surface area contributed by atoms with E-state index in [0.29, 0.717) is 11.1 Å². The first-order chi connectivity index (χ1) is 16.0. The maximum absolute atomic E-state index is 13.2. The molecule has 0 saturated heterocycles. The van der Waals surface area contributed by atoms with Gasteiger partial charge in [-0.1, -0.05) is 55.1 Å². The van der Waals surface area contributed by atoms with E-state index in [-0.39, 0.29) is 22.6 Å². The summed E-state index contributed by atoms with van der Waals surface area (Å²) in [5, 5.41) is 2.69. The van der Waals surface area contributed by atoms with Gasteiger partial charge in [-0.2, -0.15) is 0 Å². The summed E-state index contributed by atoms with van der Waals surface area (Å²) in [4.78, 5) is 28.6. The maximum atomic E-state index is 13.2. The summed E-state index contributed by atoms with van der Waals surface area (Å²) >= 11 is 6.40. The van der Waals surface area contributed by atoms with Gasteiger partial charge in [0.15, 0.2) is 11.6 Å². The van der Waals surface area contributed by atoms with E-state index in [2.05, 4.69) is 24.1 Å². The zero-order valence-electron chi connectivity index (χ0n) is 18.5. The van der Waals surface area contributed by atoms with E-state index in [1.807, 2.05) is 48.5 Å². The quantitative estimate of drug-likeness (QED) is 0.293. The van der Waals surface area contributed by atoms with Gasteiger partial charge in [-0.25, -0.2) is 0 Å². The molecule has 0 N–H and O–H groups in total. The largest absolute Gasteiger partial charge is 0.347 e. The maximum Gasteiger partial charge on any atom is 0.197 e. The number of Topliss-reactive ketones (excluding diaryl/α,β-unsaturated/α-hetero) is 2. The highest BCUT2D eigenvalue weighted by Crippen LogP contribution is 2.55. The third kappa shape index (κ3) is 2.95. The van der Waals surface area contributed by atoms with E-state index >= 15 is 0 Å². The molecular formula is C29H24ClNO2. The zero-order valence-corrected chi connectivity index (χ0v) is 19.3. The number of halogens is 1. The number of carbonyl (C=O) groups excluding carboxylic acids is 2. The fourth-order valence-electron chi connectivity index (χ4n) is 6.05. The molecule has 0 amide bonds. The van der Waals surface area contributed by atoms with Crippen molar-refractivity contribution >= 4 is 39.6 Å². The summed E-state index contributed by atoms with van der Waals surface area (Å²) in [5.41, 5.74) is 4.72. The smallest absolute Gasteiger partial charge is 0.197 e. The van der Waals surface area contributed by atoms with Crippen molar-refractivity contribution < 1.29 is 9.59 Å². The summed E-state index contributed by atoms with van der Waals surface area (Å²) in [6.07, 6.45) is 9.41. The van der Waals surface area contributed by atoms with Gasteiger partial charge in [-0.15, -0.1) is 0 Å². The van der Waals surface area contributed by atoms with Crippen LogP contribution in [0.4, 0.5) is 5.69 Å². The van der Waals surface area contributed by atoms with Crippen molar-refractivity contribution in [2.45, 2.75) is 37.5 Å². The standard InChI is InChI=1S/C29H24ClNO2/c1-31-25-11-9-20(30)17-24(25)29(13-5-2-6-14-29)26(31)12-10-21-27(32)22-15-18-7-3-4-8-19(18)16-23(22)28(21)33/h3-4,7-12,15-17H,2,5-6,13-14H2,1H3/b26-12+. The number of anilines is 1. The second kappa shape index (κ2) is 7.43. The van der Waals surface area contributed by atoms with Crippen LogP contribution in [0.15, 0.2) is 78.0 Å². The Morgan fingerprint density at radius 2 is 1.48 bits per heavy atom. The van der Waals surface area contributed by atoms with Crippen molar-refractivity contribution in [2.75, 3.05) is 11.9 Å². The summed E-state index contributed by atoms with van der Waals surface area (Å²) in [7, 11) is 2.07. The van der Waals surface area contributed by atoms with Crippen LogP contribution >= 0.6 is 11.6 Å². The molecule has 6 rings (SSSR count). The van der Waals surface area contributed by atoms with E-state index < -0.39 is 0 Å². The van der Waals surface area contributed by atoms with E-state index in [0.717, 1.165) is 52.9 Å². The minimum atomic E-state index is -0.184. The number of benzene rings is 3. The van der Waals surface area contributed by atoms with Crippen molar-refractivity contribution in [3.63, 3.8) is 0 Å². The summed E-state index contributed by atoms with van der Waals surface area (Å²) in [6.45, 7) is 0. The molecule has 1 saturated carbocycles.